The molecule has 0 aliphatic heterocycles. The predicted octanol–water partition coefficient (Wildman–Crippen LogP) is 3.49. The third kappa shape index (κ3) is 3.47. The Morgan fingerprint density at radius 3 is 2.57 bits per heavy atom. The first-order valence-electron chi connectivity index (χ1n) is 7.88. The molecule has 1 fully saturated rings. The van der Waals surface area contributed by atoms with E-state index in [2.05, 4.69) is 20.8 Å². The van der Waals surface area contributed by atoms with Gasteiger partial charge in [-0.3, -0.25) is 5.10 Å². The zero-order valence-electron chi connectivity index (χ0n) is 13.6. The van der Waals surface area contributed by atoms with Gasteiger partial charge in [0.15, 0.2) is 0 Å². The van der Waals surface area contributed by atoms with Crippen molar-refractivity contribution < 1.29 is 9.53 Å². The lowest BCUT2D eigenvalue weighted by Crippen LogP contribution is -2.34. The minimum atomic E-state index is -0.210. The summed E-state index contributed by atoms with van der Waals surface area (Å²) in [6, 6.07) is 7.53. The van der Waals surface area contributed by atoms with E-state index in [0.29, 0.717) is 5.92 Å². The molecule has 1 heterocycles. The van der Waals surface area contributed by atoms with Crippen molar-refractivity contribution in [2.45, 2.75) is 38.6 Å². The minimum Gasteiger partial charge on any atom is -0.497 e. The van der Waals surface area contributed by atoms with Gasteiger partial charge in [-0.25, -0.2) is 4.79 Å². The van der Waals surface area contributed by atoms with E-state index in [1.165, 1.54) is 0 Å². The fraction of sp³-hybridized carbons (Fsp3) is 0.412. The molecule has 3 N–H and O–H groups in total. The van der Waals surface area contributed by atoms with E-state index in [9.17, 15) is 4.79 Å². The van der Waals surface area contributed by atoms with E-state index in [1.807, 2.05) is 38.1 Å². The molecule has 0 atom stereocenters. The highest BCUT2D eigenvalue weighted by Crippen LogP contribution is 2.45. The summed E-state index contributed by atoms with van der Waals surface area (Å²) in [6.45, 7) is 3.86. The number of rotatable bonds is 5. The van der Waals surface area contributed by atoms with E-state index >= 15 is 0 Å². The Kier molecular flexibility index (Phi) is 4.23. The summed E-state index contributed by atoms with van der Waals surface area (Å²) in [6.07, 6.45) is 2.26. The molecule has 0 bridgehead atoms. The van der Waals surface area contributed by atoms with Crippen LogP contribution in [0.4, 0.5) is 10.5 Å². The van der Waals surface area contributed by atoms with Gasteiger partial charge in [-0.15, -0.1) is 0 Å². The highest BCUT2D eigenvalue weighted by Gasteiger charge is 2.31. The van der Waals surface area contributed by atoms with Crippen molar-refractivity contribution in [3.05, 3.63) is 30.0 Å². The van der Waals surface area contributed by atoms with Crippen LogP contribution in [-0.2, 0) is 0 Å². The van der Waals surface area contributed by atoms with Gasteiger partial charge in [0.05, 0.1) is 18.5 Å². The summed E-state index contributed by atoms with van der Waals surface area (Å²) >= 11 is 0. The van der Waals surface area contributed by atoms with Crippen molar-refractivity contribution in [3.8, 4) is 17.0 Å². The Bertz CT molecular complexity index is 687. The summed E-state index contributed by atoms with van der Waals surface area (Å²) < 4.78 is 5.19. The Morgan fingerprint density at radius 2 is 2.00 bits per heavy atom. The first-order chi connectivity index (χ1) is 11.1. The molecule has 1 aliphatic rings. The number of hydrogen-bond acceptors (Lipinski definition) is 3. The van der Waals surface area contributed by atoms with Gasteiger partial charge in [-0.2, -0.15) is 5.10 Å². The first-order valence-corrected chi connectivity index (χ1v) is 7.88. The molecule has 0 spiro atoms. The number of nitrogens with one attached hydrogen (secondary N) is 3. The molecule has 1 aromatic carbocycles. The highest BCUT2D eigenvalue weighted by atomic mass is 16.5. The van der Waals surface area contributed by atoms with Crippen molar-refractivity contribution in [1.82, 2.24) is 15.5 Å². The van der Waals surface area contributed by atoms with Crippen LogP contribution in [0, 0.1) is 0 Å². The number of anilines is 1. The van der Waals surface area contributed by atoms with Crippen LogP contribution in [0.1, 0.15) is 38.3 Å². The first kappa shape index (κ1) is 15.4. The van der Waals surface area contributed by atoms with E-state index in [4.69, 9.17) is 4.74 Å². The summed E-state index contributed by atoms with van der Waals surface area (Å²) in [5.74, 6) is 1.25. The summed E-state index contributed by atoms with van der Waals surface area (Å²) in [5, 5.41) is 13.3. The van der Waals surface area contributed by atoms with Crippen LogP contribution in [0.25, 0.3) is 11.3 Å². The number of aromatic amines is 1. The minimum absolute atomic E-state index is 0.0794. The molecule has 0 saturated heterocycles. The van der Waals surface area contributed by atoms with Crippen molar-refractivity contribution in [1.29, 1.82) is 0 Å². The number of benzene rings is 1. The van der Waals surface area contributed by atoms with Crippen LogP contribution < -0.4 is 15.4 Å². The lowest BCUT2D eigenvalue weighted by atomic mass is 10.1. The lowest BCUT2D eigenvalue weighted by Gasteiger charge is -2.12. The summed E-state index contributed by atoms with van der Waals surface area (Å²) in [7, 11) is 1.64. The lowest BCUT2D eigenvalue weighted by molar-refractivity contribution is 0.250. The van der Waals surface area contributed by atoms with E-state index < -0.39 is 0 Å². The number of ether oxygens (including phenoxy) is 1. The van der Waals surface area contributed by atoms with Crippen molar-refractivity contribution in [2.24, 2.45) is 0 Å². The van der Waals surface area contributed by atoms with E-state index in [-0.39, 0.29) is 12.1 Å². The largest absolute Gasteiger partial charge is 0.497 e. The van der Waals surface area contributed by atoms with Gasteiger partial charge in [0, 0.05) is 17.5 Å². The van der Waals surface area contributed by atoms with Gasteiger partial charge in [-0.05, 0) is 51.0 Å². The molecule has 6 heteroatoms. The van der Waals surface area contributed by atoms with Crippen LogP contribution in [0.3, 0.4) is 0 Å². The quantitative estimate of drug-likeness (QED) is 0.790. The number of carbonyl (C=O) groups excluding carboxylic acids is 1. The molecular weight excluding hydrogens is 292 g/mol. The summed E-state index contributed by atoms with van der Waals surface area (Å²) in [5.41, 5.74) is 3.48. The SMILES string of the molecule is COc1ccc(-c2n[nH]c(C3CC3)c2NC(=O)NC(C)C)cc1. The van der Waals surface area contributed by atoms with Gasteiger partial charge < -0.3 is 15.4 Å². The maximum Gasteiger partial charge on any atom is 0.319 e. The molecule has 23 heavy (non-hydrogen) atoms. The zero-order valence-corrected chi connectivity index (χ0v) is 13.6. The second-order valence-electron chi connectivity index (χ2n) is 6.12. The van der Waals surface area contributed by atoms with Crippen LogP contribution in [0.5, 0.6) is 5.75 Å². The molecule has 2 aromatic rings. The predicted molar refractivity (Wildman–Crippen MR) is 89.8 cm³/mol. The molecule has 2 amide bonds. The van der Waals surface area contributed by atoms with Gasteiger partial charge in [0.1, 0.15) is 11.4 Å². The molecule has 122 valence electrons. The average molecular weight is 314 g/mol. The molecule has 1 aliphatic carbocycles. The van der Waals surface area contributed by atoms with E-state index in [1.54, 1.807) is 7.11 Å². The number of methoxy groups -OCH3 is 1. The number of hydrogen-bond donors (Lipinski definition) is 3. The fourth-order valence-corrected chi connectivity index (χ4v) is 2.52. The molecule has 0 unspecified atom stereocenters. The number of H-pyrrole nitrogens is 1. The van der Waals surface area contributed by atoms with Crippen LogP contribution in [0.15, 0.2) is 24.3 Å². The Labute approximate surface area is 135 Å². The van der Waals surface area contributed by atoms with Gasteiger partial charge in [-0.1, -0.05) is 0 Å². The topological polar surface area (TPSA) is 79.0 Å². The monoisotopic (exact) mass is 314 g/mol. The Morgan fingerprint density at radius 1 is 1.30 bits per heavy atom. The van der Waals surface area contributed by atoms with Crippen LogP contribution in [-0.4, -0.2) is 29.4 Å². The third-order valence-electron chi connectivity index (χ3n) is 3.80. The van der Waals surface area contributed by atoms with Crippen molar-refractivity contribution in [2.75, 3.05) is 12.4 Å². The van der Waals surface area contributed by atoms with Crippen LogP contribution in [0.2, 0.25) is 0 Å². The number of carbonyl (C=O) groups is 1. The molecule has 1 aromatic heterocycles. The second kappa shape index (κ2) is 6.32. The molecule has 6 nitrogen and oxygen atoms in total. The number of aromatic nitrogens is 2. The zero-order chi connectivity index (χ0) is 16.4. The summed E-state index contributed by atoms with van der Waals surface area (Å²) in [4.78, 5) is 12.1. The maximum absolute atomic E-state index is 12.1. The smallest absolute Gasteiger partial charge is 0.319 e. The second-order valence-corrected chi connectivity index (χ2v) is 6.12. The van der Waals surface area contributed by atoms with Gasteiger partial charge in [0.25, 0.3) is 0 Å². The molecule has 1 saturated carbocycles. The number of nitrogens with zero attached hydrogens (tertiary/aromatic N) is 1. The van der Waals surface area contributed by atoms with Crippen molar-refractivity contribution >= 4 is 11.7 Å². The Balaban J connectivity index is 1.91. The average Bonchev–Trinajstić information content (AvgIpc) is 3.28. The van der Waals surface area contributed by atoms with Crippen molar-refractivity contribution in [3.63, 3.8) is 0 Å². The molecule has 0 radical (unpaired) electrons. The normalized spacial score (nSPS) is 13.9. The van der Waals surface area contributed by atoms with Gasteiger partial charge >= 0.3 is 6.03 Å². The molecular formula is C17H22N4O2. The molecule has 3 rings (SSSR count). The van der Waals surface area contributed by atoms with Gasteiger partial charge in [0.2, 0.25) is 0 Å². The standard InChI is InChI=1S/C17H22N4O2/c1-10(2)18-17(22)19-16-14(11-4-5-11)20-21-15(16)12-6-8-13(23-3)9-7-12/h6-11H,4-5H2,1-3H3,(H,20,21)(H2,18,19,22). The fourth-order valence-electron chi connectivity index (χ4n) is 2.52. The maximum atomic E-state index is 12.1. The highest BCUT2D eigenvalue weighted by molar-refractivity contribution is 5.94. The number of amides is 2. The Hall–Kier alpha value is -2.50. The number of urea groups is 1. The van der Waals surface area contributed by atoms with E-state index in [0.717, 1.165) is 41.2 Å². The third-order valence-corrected chi connectivity index (χ3v) is 3.80. The van der Waals surface area contributed by atoms with Crippen LogP contribution >= 0.6 is 0 Å².